The number of carbonyl (C=O) groups excluding carboxylic acids is 1. The van der Waals surface area contributed by atoms with E-state index in [4.69, 9.17) is 4.74 Å². The SMILES string of the molecule is COc1ccc(NC(=O)/C(C#N)=C\c2cc(C)n(-c3cccc(C)c3C)c2C)cc1. The van der Waals surface area contributed by atoms with E-state index in [-0.39, 0.29) is 5.57 Å². The highest BCUT2D eigenvalue weighted by atomic mass is 16.5. The van der Waals surface area contributed by atoms with Crippen LogP contribution in [0.15, 0.2) is 54.1 Å². The summed E-state index contributed by atoms with van der Waals surface area (Å²) in [5.41, 5.74) is 7.03. The zero-order chi connectivity index (χ0) is 21.8. The first kappa shape index (κ1) is 20.9. The molecule has 1 N–H and O–H groups in total. The van der Waals surface area contributed by atoms with Gasteiger partial charge in [0.05, 0.1) is 7.11 Å². The first-order valence-corrected chi connectivity index (χ1v) is 9.68. The highest BCUT2D eigenvalue weighted by molar-refractivity contribution is 6.09. The third-order valence-electron chi connectivity index (χ3n) is 5.30. The third kappa shape index (κ3) is 4.13. The lowest BCUT2D eigenvalue weighted by atomic mass is 10.1. The number of amides is 1. The summed E-state index contributed by atoms with van der Waals surface area (Å²) in [6.07, 6.45) is 1.64. The Balaban J connectivity index is 1.93. The summed E-state index contributed by atoms with van der Waals surface area (Å²) in [4.78, 5) is 12.6. The fourth-order valence-corrected chi connectivity index (χ4v) is 3.46. The molecule has 2 aromatic carbocycles. The second-order valence-electron chi connectivity index (χ2n) is 7.23. The van der Waals surface area contributed by atoms with Gasteiger partial charge in [0.15, 0.2) is 0 Å². The van der Waals surface area contributed by atoms with Crippen LogP contribution in [0.5, 0.6) is 5.75 Å². The summed E-state index contributed by atoms with van der Waals surface area (Å²) in [7, 11) is 1.58. The van der Waals surface area contributed by atoms with E-state index in [0.29, 0.717) is 11.4 Å². The van der Waals surface area contributed by atoms with Crippen LogP contribution in [0.1, 0.15) is 28.1 Å². The summed E-state index contributed by atoms with van der Waals surface area (Å²) in [6, 6.07) is 17.2. The second-order valence-corrected chi connectivity index (χ2v) is 7.23. The molecule has 152 valence electrons. The number of carbonyl (C=O) groups is 1. The monoisotopic (exact) mass is 399 g/mol. The summed E-state index contributed by atoms with van der Waals surface area (Å²) < 4.78 is 7.28. The Hall–Kier alpha value is -3.78. The van der Waals surface area contributed by atoms with Crippen molar-refractivity contribution in [1.82, 2.24) is 4.57 Å². The van der Waals surface area contributed by atoms with Crippen molar-refractivity contribution in [2.45, 2.75) is 27.7 Å². The Morgan fingerprint density at radius 3 is 2.43 bits per heavy atom. The molecular weight excluding hydrogens is 374 g/mol. The molecule has 0 aliphatic rings. The molecule has 1 aromatic heterocycles. The van der Waals surface area contributed by atoms with Crippen LogP contribution in [-0.4, -0.2) is 17.6 Å². The average Bonchev–Trinajstić information content (AvgIpc) is 3.01. The number of hydrogen-bond acceptors (Lipinski definition) is 3. The summed E-state index contributed by atoms with van der Waals surface area (Å²) in [6.45, 7) is 8.21. The fraction of sp³-hybridized carbons (Fsp3) is 0.200. The molecule has 1 amide bonds. The van der Waals surface area contributed by atoms with Crippen LogP contribution < -0.4 is 10.1 Å². The highest BCUT2D eigenvalue weighted by Gasteiger charge is 2.15. The van der Waals surface area contributed by atoms with E-state index in [1.54, 1.807) is 37.5 Å². The molecule has 0 aliphatic carbocycles. The van der Waals surface area contributed by atoms with Crippen LogP contribution in [-0.2, 0) is 4.79 Å². The van der Waals surface area contributed by atoms with Crippen molar-refractivity contribution in [2.24, 2.45) is 0 Å². The van der Waals surface area contributed by atoms with Gasteiger partial charge in [-0.1, -0.05) is 12.1 Å². The largest absolute Gasteiger partial charge is 0.497 e. The van der Waals surface area contributed by atoms with Crippen molar-refractivity contribution < 1.29 is 9.53 Å². The lowest BCUT2D eigenvalue weighted by Gasteiger charge is -2.14. The van der Waals surface area contributed by atoms with Gasteiger partial charge in [-0.25, -0.2) is 0 Å². The number of hydrogen-bond donors (Lipinski definition) is 1. The van der Waals surface area contributed by atoms with Gasteiger partial charge in [0.25, 0.3) is 5.91 Å². The van der Waals surface area contributed by atoms with Crippen molar-refractivity contribution in [2.75, 3.05) is 12.4 Å². The normalized spacial score (nSPS) is 11.1. The molecule has 0 atom stereocenters. The molecule has 30 heavy (non-hydrogen) atoms. The molecular formula is C25H25N3O2. The number of benzene rings is 2. The molecule has 0 saturated carbocycles. The maximum Gasteiger partial charge on any atom is 0.266 e. The zero-order valence-corrected chi connectivity index (χ0v) is 17.9. The minimum Gasteiger partial charge on any atom is -0.497 e. The number of ether oxygens (including phenoxy) is 1. The van der Waals surface area contributed by atoms with E-state index < -0.39 is 5.91 Å². The number of nitrogens with zero attached hydrogens (tertiary/aromatic N) is 2. The smallest absolute Gasteiger partial charge is 0.266 e. The second kappa shape index (κ2) is 8.71. The highest BCUT2D eigenvalue weighted by Crippen LogP contribution is 2.26. The van der Waals surface area contributed by atoms with Crippen molar-refractivity contribution in [1.29, 1.82) is 5.26 Å². The molecule has 3 aromatic rings. The first-order chi connectivity index (χ1) is 14.3. The van der Waals surface area contributed by atoms with E-state index >= 15 is 0 Å². The van der Waals surface area contributed by atoms with E-state index in [1.807, 2.05) is 32.0 Å². The van der Waals surface area contributed by atoms with Gasteiger partial charge in [0.2, 0.25) is 0 Å². The molecule has 0 spiro atoms. The molecule has 0 fully saturated rings. The molecule has 0 bridgehead atoms. The van der Waals surface area contributed by atoms with Gasteiger partial charge >= 0.3 is 0 Å². The van der Waals surface area contributed by atoms with Crippen molar-refractivity contribution in [3.8, 4) is 17.5 Å². The molecule has 0 radical (unpaired) electrons. The summed E-state index contributed by atoms with van der Waals surface area (Å²) >= 11 is 0. The molecule has 5 heteroatoms. The Bertz CT molecular complexity index is 1160. The maximum absolute atomic E-state index is 12.6. The van der Waals surface area contributed by atoms with Crippen LogP contribution in [0, 0.1) is 39.0 Å². The fourth-order valence-electron chi connectivity index (χ4n) is 3.46. The van der Waals surface area contributed by atoms with Crippen LogP contribution in [0.3, 0.4) is 0 Å². The minimum atomic E-state index is -0.445. The Labute approximate surface area is 177 Å². The lowest BCUT2D eigenvalue weighted by molar-refractivity contribution is -0.112. The quantitative estimate of drug-likeness (QED) is 0.470. The van der Waals surface area contributed by atoms with E-state index in [9.17, 15) is 10.1 Å². The van der Waals surface area contributed by atoms with Gasteiger partial charge in [-0.3, -0.25) is 4.79 Å². The van der Waals surface area contributed by atoms with Crippen LogP contribution >= 0.6 is 0 Å². The number of methoxy groups -OCH3 is 1. The third-order valence-corrected chi connectivity index (χ3v) is 5.30. The van der Waals surface area contributed by atoms with Crippen molar-refractivity contribution in [3.63, 3.8) is 0 Å². The first-order valence-electron chi connectivity index (χ1n) is 9.68. The standard InChI is InChI=1S/C25H25N3O2/c1-16-7-6-8-24(18(16)3)28-17(2)13-20(19(28)4)14-21(15-26)25(29)27-22-9-11-23(30-5)12-10-22/h6-14H,1-5H3,(H,27,29)/b21-14-. The molecule has 1 heterocycles. The number of nitriles is 1. The molecule has 5 nitrogen and oxygen atoms in total. The van der Waals surface area contributed by atoms with Crippen molar-refractivity contribution in [3.05, 3.63) is 82.2 Å². The number of aryl methyl sites for hydroxylation is 2. The molecule has 0 aliphatic heterocycles. The Kier molecular flexibility index (Phi) is 6.08. The van der Waals surface area contributed by atoms with Crippen LogP contribution in [0.25, 0.3) is 11.8 Å². The van der Waals surface area contributed by atoms with Gasteiger partial charge in [-0.15, -0.1) is 0 Å². The predicted octanol–water partition coefficient (Wildman–Crippen LogP) is 5.27. The van der Waals surface area contributed by atoms with Gasteiger partial charge in [0.1, 0.15) is 17.4 Å². The number of anilines is 1. The van der Waals surface area contributed by atoms with E-state index in [0.717, 1.165) is 22.6 Å². The molecule has 0 saturated heterocycles. The summed E-state index contributed by atoms with van der Waals surface area (Å²) in [5.74, 6) is 0.252. The van der Waals surface area contributed by atoms with Gasteiger partial charge < -0.3 is 14.6 Å². The van der Waals surface area contributed by atoms with Gasteiger partial charge in [-0.05, 0) is 86.9 Å². The molecule has 3 rings (SSSR count). The van der Waals surface area contributed by atoms with Crippen molar-refractivity contribution >= 4 is 17.7 Å². The van der Waals surface area contributed by atoms with Crippen LogP contribution in [0.2, 0.25) is 0 Å². The zero-order valence-electron chi connectivity index (χ0n) is 17.9. The van der Waals surface area contributed by atoms with Gasteiger partial charge in [0, 0.05) is 22.8 Å². The van der Waals surface area contributed by atoms with Gasteiger partial charge in [-0.2, -0.15) is 5.26 Å². The average molecular weight is 399 g/mol. The Morgan fingerprint density at radius 1 is 1.10 bits per heavy atom. The summed E-state index contributed by atoms with van der Waals surface area (Å²) in [5, 5.41) is 12.3. The van der Waals surface area contributed by atoms with E-state index in [2.05, 4.69) is 35.9 Å². The number of aromatic nitrogens is 1. The minimum absolute atomic E-state index is 0.0482. The molecule has 0 unspecified atom stereocenters. The number of nitrogens with one attached hydrogen (secondary N) is 1. The number of rotatable bonds is 5. The van der Waals surface area contributed by atoms with E-state index in [1.165, 1.54) is 11.1 Å². The van der Waals surface area contributed by atoms with Crippen LogP contribution in [0.4, 0.5) is 5.69 Å². The lowest BCUT2D eigenvalue weighted by Crippen LogP contribution is -2.13. The maximum atomic E-state index is 12.6. The Morgan fingerprint density at radius 2 is 1.80 bits per heavy atom. The topological polar surface area (TPSA) is 67.0 Å². The predicted molar refractivity (Wildman–Crippen MR) is 120 cm³/mol.